The topological polar surface area (TPSA) is 80.7 Å². The summed E-state index contributed by atoms with van der Waals surface area (Å²) in [4.78, 5) is 11.0. The Hall–Kier alpha value is -0.880. The van der Waals surface area contributed by atoms with Crippen LogP contribution in [0.25, 0.3) is 0 Å². The minimum Gasteiger partial charge on any atom is -0.462 e. The molecule has 1 N–H and O–H groups in total. The van der Waals surface area contributed by atoms with Gasteiger partial charge in [0.25, 0.3) is 10.1 Å². The van der Waals surface area contributed by atoms with Crippen LogP contribution in [0.2, 0.25) is 0 Å². The maximum Gasteiger partial charge on any atom is 0.333 e. The lowest BCUT2D eigenvalue weighted by atomic mass is 9.92. The standard InChI is InChI=1S/C10H18O5S/c1-8(2)9(11)15-6-5-10(3,4)7-16(12,13)14/h1,5-7H2,2-4H3,(H,12,13,14). The van der Waals surface area contributed by atoms with Crippen molar-refractivity contribution < 1.29 is 22.5 Å². The zero-order chi connectivity index (χ0) is 13.0. The molecule has 94 valence electrons. The van der Waals surface area contributed by atoms with E-state index in [0.717, 1.165) is 0 Å². The molecule has 0 aromatic rings. The molecule has 0 saturated heterocycles. The van der Waals surface area contributed by atoms with Crippen molar-refractivity contribution in [3.63, 3.8) is 0 Å². The molecule has 0 radical (unpaired) electrons. The fourth-order valence-electron chi connectivity index (χ4n) is 1.11. The molecule has 0 rings (SSSR count). The first kappa shape index (κ1) is 15.1. The van der Waals surface area contributed by atoms with E-state index in [1.54, 1.807) is 13.8 Å². The number of esters is 1. The molecule has 0 aromatic carbocycles. The Bertz CT molecular complexity index is 367. The lowest BCUT2D eigenvalue weighted by molar-refractivity contribution is -0.139. The van der Waals surface area contributed by atoms with Gasteiger partial charge in [-0.25, -0.2) is 4.79 Å². The van der Waals surface area contributed by atoms with Crippen LogP contribution in [-0.4, -0.2) is 31.3 Å². The van der Waals surface area contributed by atoms with E-state index < -0.39 is 21.5 Å². The summed E-state index contributed by atoms with van der Waals surface area (Å²) in [6.07, 6.45) is 0.353. The van der Waals surface area contributed by atoms with E-state index in [4.69, 9.17) is 9.29 Å². The first-order valence-corrected chi connectivity index (χ1v) is 6.42. The highest BCUT2D eigenvalue weighted by atomic mass is 32.2. The predicted octanol–water partition coefficient (Wildman–Crippen LogP) is 1.41. The number of ether oxygens (including phenoxy) is 1. The van der Waals surface area contributed by atoms with Crippen molar-refractivity contribution in [2.24, 2.45) is 5.41 Å². The molecule has 5 nitrogen and oxygen atoms in total. The predicted molar refractivity (Wildman–Crippen MR) is 60.6 cm³/mol. The van der Waals surface area contributed by atoms with Crippen LogP contribution in [0.15, 0.2) is 12.2 Å². The second-order valence-electron chi connectivity index (χ2n) is 4.56. The Labute approximate surface area is 96.2 Å². The van der Waals surface area contributed by atoms with Gasteiger partial charge in [0.05, 0.1) is 12.4 Å². The van der Waals surface area contributed by atoms with Gasteiger partial charge in [0.2, 0.25) is 0 Å². The zero-order valence-electron chi connectivity index (χ0n) is 9.82. The first-order chi connectivity index (χ1) is 7.03. The molecule has 0 aliphatic carbocycles. The molecule has 0 heterocycles. The van der Waals surface area contributed by atoms with Gasteiger partial charge in [0.1, 0.15) is 0 Å². The van der Waals surface area contributed by atoms with Gasteiger partial charge in [0, 0.05) is 5.57 Å². The average molecular weight is 250 g/mol. The third kappa shape index (κ3) is 7.42. The highest BCUT2D eigenvalue weighted by Crippen LogP contribution is 2.22. The van der Waals surface area contributed by atoms with E-state index in [2.05, 4.69) is 6.58 Å². The van der Waals surface area contributed by atoms with Crippen LogP contribution in [0.1, 0.15) is 27.2 Å². The Morgan fingerprint density at radius 2 is 1.94 bits per heavy atom. The SMILES string of the molecule is C=C(C)C(=O)OCCC(C)(C)CS(=O)(=O)O. The van der Waals surface area contributed by atoms with Gasteiger partial charge in [-0.15, -0.1) is 0 Å². The van der Waals surface area contributed by atoms with Crippen molar-refractivity contribution in [2.45, 2.75) is 27.2 Å². The highest BCUT2D eigenvalue weighted by molar-refractivity contribution is 7.85. The number of carbonyl (C=O) groups is 1. The molecule has 0 aliphatic heterocycles. The van der Waals surface area contributed by atoms with Gasteiger partial charge in [-0.05, 0) is 18.8 Å². The molecule has 0 amide bonds. The Balaban J connectivity index is 4.11. The zero-order valence-corrected chi connectivity index (χ0v) is 10.6. The molecule has 0 saturated carbocycles. The summed E-state index contributed by atoms with van der Waals surface area (Å²) < 4.78 is 34.9. The number of hydrogen-bond donors (Lipinski definition) is 1. The second-order valence-corrected chi connectivity index (χ2v) is 6.01. The van der Waals surface area contributed by atoms with Crippen LogP contribution in [0, 0.1) is 5.41 Å². The van der Waals surface area contributed by atoms with Crippen molar-refractivity contribution in [3.8, 4) is 0 Å². The Morgan fingerprint density at radius 1 is 1.44 bits per heavy atom. The Morgan fingerprint density at radius 3 is 2.31 bits per heavy atom. The quantitative estimate of drug-likeness (QED) is 0.438. The van der Waals surface area contributed by atoms with E-state index in [0.29, 0.717) is 12.0 Å². The lowest BCUT2D eigenvalue weighted by Gasteiger charge is -2.22. The van der Waals surface area contributed by atoms with Crippen molar-refractivity contribution in [1.29, 1.82) is 0 Å². The average Bonchev–Trinajstić information content (AvgIpc) is 1.98. The first-order valence-electron chi connectivity index (χ1n) is 4.81. The molecule has 0 aromatic heterocycles. The van der Waals surface area contributed by atoms with E-state index in [1.807, 2.05) is 0 Å². The molecule has 0 spiro atoms. The molecule has 0 fully saturated rings. The van der Waals surface area contributed by atoms with E-state index in [-0.39, 0.29) is 12.4 Å². The van der Waals surface area contributed by atoms with E-state index >= 15 is 0 Å². The minimum atomic E-state index is -4.01. The molecule has 0 unspecified atom stereocenters. The van der Waals surface area contributed by atoms with Gasteiger partial charge in [0.15, 0.2) is 0 Å². The summed E-state index contributed by atoms with van der Waals surface area (Å²) in [7, 11) is -4.01. The fourth-order valence-corrected chi connectivity index (χ4v) is 2.24. The van der Waals surface area contributed by atoms with Gasteiger partial charge in [-0.3, -0.25) is 4.55 Å². The monoisotopic (exact) mass is 250 g/mol. The van der Waals surface area contributed by atoms with Crippen molar-refractivity contribution in [3.05, 3.63) is 12.2 Å². The third-order valence-electron chi connectivity index (χ3n) is 1.93. The molecular weight excluding hydrogens is 232 g/mol. The van der Waals surface area contributed by atoms with Crippen LogP contribution in [-0.2, 0) is 19.6 Å². The smallest absolute Gasteiger partial charge is 0.333 e. The second kappa shape index (κ2) is 5.45. The summed E-state index contributed by atoms with van der Waals surface area (Å²) in [5, 5.41) is 0. The van der Waals surface area contributed by atoms with Gasteiger partial charge < -0.3 is 4.74 Å². The van der Waals surface area contributed by atoms with Gasteiger partial charge >= 0.3 is 5.97 Å². The number of rotatable bonds is 6. The van der Waals surface area contributed by atoms with Crippen LogP contribution in [0.4, 0.5) is 0 Å². The maximum absolute atomic E-state index is 11.0. The number of hydrogen-bond acceptors (Lipinski definition) is 4. The maximum atomic E-state index is 11.0. The Kier molecular flexibility index (Phi) is 5.15. The number of carbonyl (C=O) groups excluding carboxylic acids is 1. The molecule has 0 atom stereocenters. The van der Waals surface area contributed by atoms with Crippen LogP contribution in [0.3, 0.4) is 0 Å². The van der Waals surface area contributed by atoms with Gasteiger partial charge in [-0.1, -0.05) is 20.4 Å². The largest absolute Gasteiger partial charge is 0.462 e. The molecule has 0 bridgehead atoms. The van der Waals surface area contributed by atoms with E-state index in [1.165, 1.54) is 6.92 Å². The fraction of sp³-hybridized carbons (Fsp3) is 0.700. The minimum absolute atomic E-state index is 0.105. The third-order valence-corrected chi connectivity index (χ3v) is 3.08. The summed E-state index contributed by atoms with van der Waals surface area (Å²) in [5.74, 6) is -0.854. The van der Waals surface area contributed by atoms with Crippen LogP contribution >= 0.6 is 0 Å². The van der Waals surface area contributed by atoms with Crippen molar-refractivity contribution >= 4 is 16.1 Å². The molecule has 16 heavy (non-hydrogen) atoms. The van der Waals surface area contributed by atoms with Crippen molar-refractivity contribution in [1.82, 2.24) is 0 Å². The lowest BCUT2D eigenvalue weighted by Crippen LogP contribution is -2.25. The summed E-state index contributed by atoms with van der Waals surface area (Å²) in [6, 6.07) is 0. The van der Waals surface area contributed by atoms with Crippen LogP contribution in [0.5, 0.6) is 0 Å². The molecule has 0 aliphatic rings. The highest BCUT2D eigenvalue weighted by Gasteiger charge is 2.25. The summed E-state index contributed by atoms with van der Waals surface area (Å²) in [5.41, 5.74) is -0.337. The summed E-state index contributed by atoms with van der Waals surface area (Å²) in [6.45, 7) is 8.41. The van der Waals surface area contributed by atoms with Crippen molar-refractivity contribution in [2.75, 3.05) is 12.4 Å². The van der Waals surface area contributed by atoms with Gasteiger partial charge in [-0.2, -0.15) is 8.42 Å². The summed E-state index contributed by atoms with van der Waals surface area (Å²) >= 11 is 0. The van der Waals surface area contributed by atoms with E-state index in [9.17, 15) is 13.2 Å². The normalized spacial score (nSPS) is 12.2. The molecule has 6 heteroatoms. The van der Waals surface area contributed by atoms with Crippen LogP contribution < -0.4 is 0 Å². The molecular formula is C10H18O5S.